The van der Waals surface area contributed by atoms with Crippen LogP contribution in [0.25, 0.3) is 0 Å². The van der Waals surface area contributed by atoms with E-state index in [9.17, 15) is 8.78 Å². The molecule has 0 saturated carbocycles. The normalized spacial score (nSPS) is 19.4. The van der Waals surface area contributed by atoms with Crippen LogP contribution < -0.4 is 0 Å². The number of aryl methyl sites for hydroxylation is 1. The minimum absolute atomic E-state index is 0.0848. The summed E-state index contributed by atoms with van der Waals surface area (Å²) in [7, 11) is 0. The fourth-order valence-corrected chi connectivity index (χ4v) is 3.48. The van der Waals surface area contributed by atoms with Crippen molar-refractivity contribution in [1.29, 1.82) is 0 Å². The van der Waals surface area contributed by atoms with E-state index in [0.717, 1.165) is 25.3 Å². The van der Waals surface area contributed by atoms with Gasteiger partial charge in [-0.1, -0.05) is 30.3 Å². The van der Waals surface area contributed by atoms with Gasteiger partial charge in [-0.15, -0.1) is 11.6 Å². The molecule has 1 aliphatic rings. The molecule has 0 amide bonds. The standard InChI is InChI=1S/C17H15ClF2/c18-17(15-9-8-12(19)10-16(15)20)14-7-3-5-11-4-1-2-6-13(11)14/h1-2,4,6,8-10,14,17H,3,5,7H2. The molecule has 2 unspecified atom stereocenters. The molecule has 1 aliphatic carbocycles. The zero-order chi connectivity index (χ0) is 14.1. The minimum atomic E-state index is -0.570. The van der Waals surface area contributed by atoms with Gasteiger partial charge in [0.15, 0.2) is 0 Å². The lowest BCUT2D eigenvalue weighted by Gasteiger charge is -2.29. The molecule has 0 aliphatic heterocycles. The molecular formula is C17H15ClF2. The fraction of sp³-hybridized carbons (Fsp3) is 0.294. The highest BCUT2D eigenvalue weighted by atomic mass is 35.5. The van der Waals surface area contributed by atoms with Gasteiger partial charge in [0.25, 0.3) is 0 Å². The molecule has 0 spiro atoms. The molecule has 3 heteroatoms. The van der Waals surface area contributed by atoms with Crippen molar-refractivity contribution in [1.82, 2.24) is 0 Å². The summed E-state index contributed by atoms with van der Waals surface area (Å²) < 4.78 is 26.9. The van der Waals surface area contributed by atoms with Gasteiger partial charge in [0.1, 0.15) is 11.6 Å². The number of hydrogen-bond donors (Lipinski definition) is 0. The first-order valence-corrected chi connectivity index (χ1v) is 7.27. The first-order valence-electron chi connectivity index (χ1n) is 6.83. The van der Waals surface area contributed by atoms with E-state index in [4.69, 9.17) is 11.6 Å². The molecule has 0 radical (unpaired) electrons. The topological polar surface area (TPSA) is 0 Å². The highest BCUT2D eigenvalue weighted by Gasteiger charge is 2.29. The Kier molecular flexibility index (Phi) is 3.75. The fourth-order valence-electron chi connectivity index (χ4n) is 3.04. The Balaban J connectivity index is 1.97. The van der Waals surface area contributed by atoms with Crippen LogP contribution in [-0.2, 0) is 6.42 Å². The molecule has 0 aromatic heterocycles. The lowest BCUT2D eigenvalue weighted by molar-refractivity contribution is 0.514. The average Bonchev–Trinajstić information content (AvgIpc) is 2.46. The molecule has 0 saturated heterocycles. The van der Waals surface area contributed by atoms with Crippen molar-refractivity contribution in [3.8, 4) is 0 Å². The summed E-state index contributed by atoms with van der Waals surface area (Å²) in [5.74, 6) is -1.05. The lowest BCUT2D eigenvalue weighted by atomic mass is 9.79. The number of benzene rings is 2. The maximum Gasteiger partial charge on any atom is 0.130 e. The Bertz CT molecular complexity index is 624. The zero-order valence-electron chi connectivity index (χ0n) is 11.0. The van der Waals surface area contributed by atoms with E-state index in [2.05, 4.69) is 12.1 Å². The van der Waals surface area contributed by atoms with Gasteiger partial charge in [0.05, 0.1) is 5.38 Å². The van der Waals surface area contributed by atoms with E-state index < -0.39 is 17.0 Å². The SMILES string of the molecule is Fc1ccc(C(Cl)C2CCCc3ccccc32)c(F)c1. The molecule has 3 rings (SSSR count). The summed E-state index contributed by atoms with van der Waals surface area (Å²) in [5, 5.41) is -0.461. The highest BCUT2D eigenvalue weighted by molar-refractivity contribution is 6.21. The molecule has 0 bridgehead atoms. The summed E-state index contributed by atoms with van der Waals surface area (Å²) in [4.78, 5) is 0. The average molecular weight is 293 g/mol. The van der Waals surface area contributed by atoms with Crippen LogP contribution in [0.2, 0.25) is 0 Å². The van der Waals surface area contributed by atoms with Gasteiger partial charge in [0.2, 0.25) is 0 Å². The largest absolute Gasteiger partial charge is 0.207 e. The Morgan fingerprint density at radius 3 is 2.70 bits per heavy atom. The van der Waals surface area contributed by atoms with Gasteiger partial charge < -0.3 is 0 Å². The third kappa shape index (κ3) is 2.45. The molecule has 104 valence electrons. The quantitative estimate of drug-likeness (QED) is 0.653. The van der Waals surface area contributed by atoms with Gasteiger partial charge in [0, 0.05) is 17.5 Å². The molecule has 2 atom stereocenters. The Morgan fingerprint density at radius 2 is 1.90 bits per heavy atom. The maximum atomic E-state index is 13.9. The van der Waals surface area contributed by atoms with Crippen molar-refractivity contribution in [2.45, 2.75) is 30.6 Å². The van der Waals surface area contributed by atoms with Crippen molar-refractivity contribution in [3.05, 3.63) is 70.8 Å². The van der Waals surface area contributed by atoms with Crippen LogP contribution in [0.3, 0.4) is 0 Å². The summed E-state index contributed by atoms with van der Waals surface area (Å²) in [5.41, 5.74) is 2.87. The molecule has 0 N–H and O–H groups in total. The Hall–Kier alpha value is -1.41. The molecule has 2 aromatic rings. The van der Waals surface area contributed by atoms with E-state index in [0.29, 0.717) is 5.56 Å². The summed E-state index contributed by atoms with van der Waals surface area (Å²) in [6.07, 6.45) is 3.03. The second-order valence-electron chi connectivity index (χ2n) is 5.27. The van der Waals surface area contributed by atoms with Crippen LogP contribution in [0, 0.1) is 11.6 Å². The van der Waals surface area contributed by atoms with Crippen LogP contribution in [-0.4, -0.2) is 0 Å². The lowest BCUT2D eigenvalue weighted by Crippen LogP contribution is -2.15. The Morgan fingerprint density at radius 1 is 1.10 bits per heavy atom. The van der Waals surface area contributed by atoms with E-state index in [1.54, 1.807) is 0 Å². The predicted octanol–water partition coefficient (Wildman–Crippen LogP) is 5.36. The second-order valence-corrected chi connectivity index (χ2v) is 5.74. The first-order chi connectivity index (χ1) is 9.66. The summed E-state index contributed by atoms with van der Waals surface area (Å²) in [6.45, 7) is 0. The van der Waals surface area contributed by atoms with E-state index in [-0.39, 0.29) is 5.92 Å². The summed E-state index contributed by atoms with van der Waals surface area (Å²) >= 11 is 6.51. The van der Waals surface area contributed by atoms with Crippen molar-refractivity contribution in [2.75, 3.05) is 0 Å². The monoisotopic (exact) mass is 292 g/mol. The van der Waals surface area contributed by atoms with Crippen LogP contribution >= 0.6 is 11.6 Å². The number of hydrogen-bond acceptors (Lipinski definition) is 0. The second kappa shape index (κ2) is 5.53. The highest BCUT2D eigenvalue weighted by Crippen LogP contribution is 2.44. The summed E-state index contributed by atoms with van der Waals surface area (Å²) in [6, 6.07) is 11.8. The number of alkyl halides is 1. The molecule has 2 aromatic carbocycles. The third-order valence-electron chi connectivity index (χ3n) is 4.03. The number of fused-ring (bicyclic) bond motifs is 1. The van der Waals surface area contributed by atoms with Crippen LogP contribution in [0.4, 0.5) is 8.78 Å². The number of halogens is 3. The third-order valence-corrected chi connectivity index (χ3v) is 4.57. The van der Waals surface area contributed by atoms with Crippen molar-refractivity contribution in [2.24, 2.45) is 0 Å². The van der Waals surface area contributed by atoms with E-state index in [1.807, 2.05) is 12.1 Å². The van der Waals surface area contributed by atoms with Gasteiger partial charge in [-0.05, 0) is 36.5 Å². The minimum Gasteiger partial charge on any atom is -0.207 e. The van der Waals surface area contributed by atoms with Crippen LogP contribution in [0.5, 0.6) is 0 Å². The number of rotatable bonds is 2. The smallest absolute Gasteiger partial charge is 0.130 e. The first kappa shape index (κ1) is 13.6. The van der Waals surface area contributed by atoms with Gasteiger partial charge in [-0.2, -0.15) is 0 Å². The molecule has 0 heterocycles. The van der Waals surface area contributed by atoms with Crippen LogP contribution in [0.15, 0.2) is 42.5 Å². The zero-order valence-corrected chi connectivity index (χ0v) is 11.7. The molecule has 0 nitrogen and oxygen atoms in total. The molecule has 0 fully saturated rings. The van der Waals surface area contributed by atoms with Crippen LogP contribution in [0.1, 0.15) is 40.8 Å². The van der Waals surface area contributed by atoms with Crippen molar-refractivity contribution < 1.29 is 8.78 Å². The van der Waals surface area contributed by atoms with Gasteiger partial charge in [-0.3, -0.25) is 0 Å². The van der Waals surface area contributed by atoms with Crippen molar-refractivity contribution in [3.63, 3.8) is 0 Å². The molecule has 20 heavy (non-hydrogen) atoms. The van der Waals surface area contributed by atoms with Gasteiger partial charge >= 0.3 is 0 Å². The predicted molar refractivity (Wildman–Crippen MR) is 77.1 cm³/mol. The van der Waals surface area contributed by atoms with E-state index in [1.165, 1.54) is 23.3 Å². The van der Waals surface area contributed by atoms with E-state index >= 15 is 0 Å². The van der Waals surface area contributed by atoms with Gasteiger partial charge in [-0.25, -0.2) is 8.78 Å². The van der Waals surface area contributed by atoms with Crippen molar-refractivity contribution >= 4 is 11.6 Å². The molecular weight excluding hydrogens is 278 g/mol. The Labute approximate surface area is 122 Å². The maximum absolute atomic E-state index is 13.9.